The summed E-state index contributed by atoms with van der Waals surface area (Å²) in [6, 6.07) is 0.258. The standard InChI is InChI=1S/C17H28N8O3/c18-13-3-1-12(2-4-13)9-20-16-14(25(27)28)10-21-17(23-16)22-11-15(26)24-7-5-19-6-8-24/h10,12-13,19H,1-9,11,18H2,(H2,20,21,22,23)/t12-,13-. The van der Waals surface area contributed by atoms with Gasteiger partial charge in [0.1, 0.15) is 6.20 Å². The Morgan fingerprint density at radius 1 is 1.29 bits per heavy atom. The Morgan fingerprint density at radius 3 is 2.68 bits per heavy atom. The molecule has 0 aromatic carbocycles. The number of carbonyl (C=O) groups excluding carboxylic acids is 1. The lowest BCUT2D eigenvalue weighted by atomic mass is 9.86. The maximum Gasteiger partial charge on any atom is 0.329 e. The molecule has 0 radical (unpaired) electrons. The molecule has 1 aliphatic heterocycles. The lowest BCUT2D eigenvalue weighted by Crippen LogP contribution is -2.48. The minimum atomic E-state index is -0.505. The third-order valence-electron chi connectivity index (χ3n) is 5.28. The number of nitrogens with zero attached hydrogens (tertiary/aromatic N) is 4. The Balaban J connectivity index is 1.58. The van der Waals surface area contributed by atoms with E-state index in [0.29, 0.717) is 25.6 Å². The molecule has 1 aliphatic carbocycles. The highest BCUT2D eigenvalue weighted by atomic mass is 16.6. The van der Waals surface area contributed by atoms with Crippen molar-refractivity contribution in [1.82, 2.24) is 20.2 Å². The number of aromatic nitrogens is 2. The summed E-state index contributed by atoms with van der Waals surface area (Å²) in [5.41, 5.74) is 5.75. The van der Waals surface area contributed by atoms with Gasteiger partial charge in [-0.05, 0) is 31.6 Å². The molecule has 11 heteroatoms. The highest BCUT2D eigenvalue weighted by molar-refractivity contribution is 5.80. The van der Waals surface area contributed by atoms with Gasteiger partial charge in [0.25, 0.3) is 0 Å². The van der Waals surface area contributed by atoms with Crippen molar-refractivity contribution in [3.05, 3.63) is 16.3 Å². The van der Waals surface area contributed by atoms with Gasteiger partial charge in [-0.3, -0.25) is 14.9 Å². The van der Waals surface area contributed by atoms with Gasteiger partial charge in [0.2, 0.25) is 17.7 Å². The van der Waals surface area contributed by atoms with Gasteiger partial charge in [-0.2, -0.15) is 4.98 Å². The summed E-state index contributed by atoms with van der Waals surface area (Å²) >= 11 is 0. The van der Waals surface area contributed by atoms with Crippen molar-refractivity contribution in [2.75, 3.05) is 49.9 Å². The van der Waals surface area contributed by atoms with Crippen molar-refractivity contribution < 1.29 is 9.72 Å². The Hall–Kier alpha value is -2.53. The molecule has 2 fully saturated rings. The summed E-state index contributed by atoms with van der Waals surface area (Å²) in [7, 11) is 0. The molecule has 0 atom stereocenters. The minimum absolute atomic E-state index is 0.0449. The van der Waals surface area contributed by atoms with Gasteiger partial charge in [-0.1, -0.05) is 0 Å². The zero-order chi connectivity index (χ0) is 19.9. The molecule has 1 aromatic heterocycles. The lowest BCUT2D eigenvalue weighted by molar-refractivity contribution is -0.384. The number of nitro groups is 1. The number of amides is 1. The molecule has 2 heterocycles. The van der Waals surface area contributed by atoms with Gasteiger partial charge in [0, 0.05) is 38.8 Å². The summed E-state index contributed by atoms with van der Waals surface area (Å²) in [6.45, 7) is 3.54. The van der Waals surface area contributed by atoms with E-state index in [4.69, 9.17) is 5.73 Å². The predicted molar refractivity (Wildman–Crippen MR) is 105 cm³/mol. The van der Waals surface area contributed by atoms with Crippen molar-refractivity contribution in [2.45, 2.75) is 31.7 Å². The van der Waals surface area contributed by atoms with E-state index in [9.17, 15) is 14.9 Å². The molecular weight excluding hydrogens is 364 g/mol. The SMILES string of the molecule is N[C@H]1CC[C@H](CNc2nc(NCC(=O)N3CCNCC3)ncc2[N+](=O)[O-])CC1. The van der Waals surface area contributed by atoms with Gasteiger partial charge in [0.15, 0.2) is 0 Å². The fraction of sp³-hybridized carbons (Fsp3) is 0.706. The highest BCUT2D eigenvalue weighted by Gasteiger charge is 2.22. The summed E-state index contributed by atoms with van der Waals surface area (Å²) in [6.07, 6.45) is 5.11. The van der Waals surface area contributed by atoms with Crippen molar-refractivity contribution in [3.8, 4) is 0 Å². The fourth-order valence-electron chi connectivity index (χ4n) is 3.54. The van der Waals surface area contributed by atoms with Crippen molar-refractivity contribution >= 4 is 23.4 Å². The Bertz CT molecular complexity index is 687. The number of hydrogen-bond donors (Lipinski definition) is 4. The zero-order valence-corrected chi connectivity index (χ0v) is 15.9. The average molecular weight is 392 g/mol. The Kier molecular flexibility index (Phi) is 6.93. The van der Waals surface area contributed by atoms with Crippen LogP contribution in [0.1, 0.15) is 25.7 Å². The molecule has 0 bridgehead atoms. The van der Waals surface area contributed by atoms with Crippen LogP contribution in [-0.2, 0) is 4.79 Å². The van der Waals surface area contributed by atoms with E-state index >= 15 is 0 Å². The molecule has 0 spiro atoms. The van der Waals surface area contributed by atoms with Crippen LogP contribution >= 0.6 is 0 Å². The van der Waals surface area contributed by atoms with E-state index in [1.165, 1.54) is 6.20 Å². The number of hydrogen-bond acceptors (Lipinski definition) is 9. The lowest BCUT2D eigenvalue weighted by Gasteiger charge is -2.27. The summed E-state index contributed by atoms with van der Waals surface area (Å²) in [4.78, 5) is 33.0. The van der Waals surface area contributed by atoms with Crippen LogP contribution < -0.4 is 21.7 Å². The first kappa shape index (κ1) is 20.2. The van der Waals surface area contributed by atoms with Gasteiger partial charge < -0.3 is 26.6 Å². The molecule has 11 nitrogen and oxygen atoms in total. The number of anilines is 2. The number of piperazine rings is 1. The normalized spacial score (nSPS) is 22.5. The predicted octanol–water partition coefficient (Wildman–Crippen LogP) is 0.158. The van der Waals surface area contributed by atoms with Crippen LogP contribution in [0.5, 0.6) is 0 Å². The molecule has 1 aromatic rings. The topological polar surface area (TPSA) is 151 Å². The number of rotatable bonds is 7. The van der Waals surface area contributed by atoms with E-state index in [1.807, 2.05) is 0 Å². The maximum absolute atomic E-state index is 12.2. The van der Waals surface area contributed by atoms with Crippen LogP contribution in [0.2, 0.25) is 0 Å². The van der Waals surface area contributed by atoms with Gasteiger partial charge in [-0.15, -0.1) is 0 Å². The first-order chi connectivity index (χ1) is 13.5. The maximum atomic E-state index is 12.2. The van der Waals surface area contributed by atoms with Crippen LogP contribution in [0.3, 0.4) is 0 Å². The average Bonchev–Trinajstić information content (AvgIpc) is 2.72. The molecular formula is C17H28N8O3. The highest BCUT2D eigenvalue weighted by Crippen LogP contribution is 2.26. The van der Waals surface area contributed by atoms with E-state index in [2.05, 4.69) is 25.9 Å². The molecule has 1 saturated heterocycles. The first-order valence-corrected chi connectivity index (χ1v) is 9.76. The van der Waals surface area contributed by atoms with E-state index < -0.39 is 4.92 Å². The van der Waals surface area contributed by atoms with Crippen molar-refractivity contribution in [3.63, 3.8) is 0 Å². The number of nitrogens with two attached hydrogens (primary N) is 1. The molecule has 5 N–H and O–H groups in total. The van der Waals surface area contributed by atoms with E-state index in [0.717, 1.165) is 38.8 Å². The molecule has 1 saturated carbocycles. The van der Waals surface area contributed by atoms with Gasteiger partial charge in [-0.25, -0.2) is 4.98 Å². The third kappa shape index (κ3) is 5.49. The smallest absolute Gasteiger partial charge is 0.329 e. The molecule has 3 rings (SSSR count). The van der Waals surface area contributed by atoms with Crippen LogP contribution in [0.25, 0.3) is 0 Å². The van der Waals surface area contributed by atoms with Crippen molar-refractivity contribution in [2.24, 2.45) is 11.7 Å². The van der Waals surface area contributed by atoms with Crippen LogP contribution in [0.4, 0.5) is 17.5 Å². The minimum Gasteiger partial charge on any atom is -0.364 e. The van der Waals surface area contributed by atoms with Crippen LogP contribution in [0, 0.1) is 16.0 Å². The summed E-state index contributed by atoms with van der Waals surface area (Å²) in [5.74, 6) is 0.741. The molecule has 2 aliphatic rings. The second kappa shape index (κ2) is 9.60. The number of nitrogens with one attached hydrogen (secondary N) is 3. The molecule has 28 heavy (non-hydrogen) atoms. The molecule has 1 amide bonds. The Labute approximate surface area is 163 Å². The van der Waals surface area contributed by atoms with E-state index in [1.54, 1.807) is 4.90 Å². The van der Waals surface area contributed by atoms with Crippen LogP contribution in [0.15, 0.2) is 6.20 Å². The van der Waals surface area contributed by atoms with Gasteiger partial charge >= 0.3 is 5.69 Å². The summed E-state index contributed by atoms with van der Waals surface area (Å²) < 4.78 is 0. The second-order valence-electron chi connectivity index (χ2n) is 7.33. The second-order valence-corrected chi connectivity index (χ2v) is 7.33. The zero-order valence-electron chi connectivity index (χ0n) is 15.9. The fourth-order valence-corrected chi connectivity index (χ4v) is 3.54. The Morgan fingerprint density at radius 2 is 2.00 bits per heavy atom. The van der Waals surface area contributed by atoms with Crippen LogP contribution in [-0.4, -0.2) is 71.0 Å². The largest absolute Gasteiger partial charge is 0.364 e. The van der Waals surface area contributed by atoms with E-state index in [-0.39, 0.29) is 35.9 Å². The quantitative estimate of drug-likeness (QED) is 0.375. The summed E-state index contributed by atoms with van der Waals surface area (Å²) in [5, 5.41) is 20.4. The number of carbonyl (C=O) groups is 1. The molecule has 0 unspecified atom stereocenters. The first-order valence-electron chi connectivity index (χ1n) is 9.76. The third-order valence-corrected chi connectivity index (χ3v) is 5.28. The van der Waals surface area contributed by atoms with Crippen molar-refractivity contribution in [1.29, 1.82) is 0 Å². The monoisotopic (exact) mass is 392 g/mol. The molecule has 154 valence electrons. The van der Waals surface area contributed by atoms with Gasteiger partial charge in [0.05, 0.1) is 11.5 Å².